The van der Waals surface area contributed by atoms with E-state index in [9.17, 15) is 4.39 Å². The van der Waals surface area contributed by atoms with Gasteiger partial charge in [0.1, 0.15) is 23.0 Å². The standard InChI is InChI=1S/C20H17ClFN5/c1-2-9-27-18-16(22)6-3-7-17(18)26-20(27)13-10-15(21)19(24-11-13)25-14-5-4-8-23-12-14/h3-8,10-12H,2,9H2,1H3,(H,24,25). The molecule has 7 heteroatoms. The molecule has 0 saturated heterocycles. The van der Waals surface area contributed by atoms with Gasteiger partial charge in [-0.25, -0.2) is 14.4 Å². The van der Waals surface area contributed by atoms with Gasteiger partial charge in [-0.2, -0.15) is 0 Å². The second-order valence-corrected chi connectivity index (χ2v) is 6.52. The van der Waals surface area contributed by atoms with Crippen LogP contribution in [-0.4, -0.2) is 19.5 Å². The van der Waals surface area contributed by atoms with E-state index in [2.05, 4.69) is 20.3 Å². The number of para-hydroxylation sites is 1. The van der Waals surface area contributed by atoms with Crippen LogP contribution in [0.4, 0.5) is 15.9 Å². The summed E-state index contributed by atoms with van der Waals surface area (Å²) in [5, 5.41) is 3.58. The molecular formula is C20H17ClFN5. The molecule has 5 nitrogen and oxygen atoms in total. The first-order valence-corrected chi connectivity index (χ1v) is 9.03. The van der Waals surface area contributed by atoms with Crippen molar-refractivity contribution < 1.29 is 4.39 Å². The van der Waals surface area contributed by atoms with Crippen molar-refractivity contribution in [2.75, 3.05) is 5.32 Å². The number of aryl methyl sites for hydroxylation is 1. The fraction of sp³-hybridized carbons (Fsp3) is 0.150. The molecule has 0 atom stereocenters. The Balaban J connectivity index is 1.76. The molecule has 4 rings (SSSR count). The Morgan fingerprint density at radius 3 is 2.81 bits per heavy atom. The van der Waals surface area contributed by atoms with Gasteiger partial charge >= 0.3 is 0 Å². The number of rotatable bonds is 5. The monoisotopic (exact) mass is 381 g/mol. The van der Waals surface area contributed by atoms with Crippen LogP contribution in [0.2, 0.25) is 5.02 Å². The zero-order chi connectivity index (χ0) is 18.8. The lowest BCUT2D eigenvalue weighted by molar-refractivity contribution is 0.619. The number of anilines is 2. The van der Waals surface area contributed by atoms with Crippen LogP contribution in [0, 0.1) is 5.82 Å². The van der Waals surface area contributed by atoms with Crippen LogP contribution in [0.25, 0.3) is 22.4 Å². The smallest absolute Gasteiger partial charge is 0.149 e. The molecule has 0 aliphatic heterocycles. The van der Waals surface area contributed by atoms with E-state index in [1.165, 1.54) is 6.07 Å². The molecule has 0 fully saturated rings. The highest BCUT2D eigenvalue weighted by atomic mass is 35.5. The van der Waals surface area contributed by atoms with Crippen molar-refractivity contribution in [1.82, 2.24) is 19.5 Å². The number of nitrogens with zero attached hydrogens (tertiary/aromatic N) is 4. The first-order valence-electron chi connectivity index (χ1n) is 8.65. The maximum absolute atomic E-state index is 14.4. The third-order valence-electron chi connectivity index (χ3n) is 4.19. The molecule has 3 heterocycles. The minimum atomic E-state index is -0.284. The summed E-state index contributed by atoms with van der Waals surface area (Å²) >= 11 is 6.43. The predicted molar refractivity (Wildman–Crippen MR) is 106 cm³/mol. The SMILES string of the molecule is CCCn1c(-c2cnc(Nc3cccnc3)c(Cl)c2)nc2cccc(F)c21. The summed E-state index contributed by atoms with van der Waals surface area (Å²) in [6.45, 7) is 2.70. The molecule has 4 aromatic rings. The first-order chi connectivity index (χ1) is 13.2. The number of halogens is 2. The van der Waals surface area contributed by atoms with Crippen molar-refractivity contribution in [2.24, 2.45) is 0 Å². The van der Waals surface area contributed by atoms with E-state index >= 15 is 0 Å². The fourth-order valence-electron chi connectivity index (χ4n) is 3.03. The van der Waals surface area contributed by atoms with Crippen LogP contribution in [0.1, 0.15) is 13.3 Å². The van der Waals surface area contributed by atoms with Gasteiger partial charge in [0.05, 0.1) is 22.4 Å². The van der Waals surface area contributed by atoms with Gasteiger partial charge in [0.15, 0.2) is 0 Å². The van der Waals surface area contributed by atoms with Crippen LogP contribution < -0.4 is 5.32 Å². The topological polar surface area (TPSA) is 55.6 Å². The average molecular weight is 382 g/mol. The van der Waals surface area contributed by atoms with Crippen LogP contribution in [-0.2, 0) is 6.54 Å². The van der Waals surface area contributed by atoms with Gasteiger partial charge in [-0.15, -0.1) is 0 Å². The van der Waals surface area contributed by atoms with Gasteiger partial charge < -0.3 is 9.88 Å². The number of aromatic nitrogens is 4. The summed E-state index contributed by atoms with van der Waals surface area (Å²) < 4.78 is 16.2. The second kappa shape index (κ2) is 7.32. The number of hydrogen-bond acceptors (Lipinski definition) is 4. The minimum Gasteiger partial charge on any atom is -0.338 e. The molecular weight excluding hydrogens is 365 g/mol. The number of pyridine rings is 2. The van der Waals surface area contributed by atoms with E-state index in [1.54, 1.807) is 36.8 Å². The highest BCUT2D eigenvalue weighted by Crippen LogP contribution is 2.31. The number of benzene rings is 1. The molecule has 0 saturated carbocycles. The Morgan fingerprint density at radius 1 is 1.19 bits per heavy atom. The van der Waals surface area contributed by atoms with Crippen LogP contribution in [0.5, 0.6) is 0 Å². The first kappa shape index (κ1) is 17.4. The molecule has 0 radical (unpaired) electrons. The molecule has 1 N–H and O–H groups in total. The van der Waals surface area contributed by atoms with E-state index < -0.39 is 0 Å². The van der Waals surface area contributed by atoms with Gasteiger partial charge in [-0.3, -0.25) is 4.98 Å². The van der Waals surface area contributed by atoms with Crippen LogP contribution in [0.3, 0.4) is 0 Å². The quantitative estimate of drug-likeness (QED) is 0.500. The Morgan fingerprint density at radius 2 is 2.07 bits per heavy atom. The lowest BCUT2D eigenvalue weighted by Gasteiger charge is -2.11. The zero-order valence-corrected chi connectivity index (χ0v) is 15.4. The van der Waals surface area contributed by atoms with Gasteiger partial charge in [-0.05, 0) is 36.8 Å². The maximum atomic E-state index is 14.4. The third kappa shape index (κ3) is 3.36. The summed E-state index contributed by atoms with van der Waals surface area (Å²) in [7, 11) is 0. The average Bonchev–Trinajstić information content (AvgIpc) is 3.04. The summed E-state index contributed by atoms with van der Waals surface area (Å²) in [5.41, 5.74) is 2.65. The van der Waals surface area contributed by atoms with Crippen LogP contribution in [0.15, 0.2) is 55.0 Å². The van der Waals surface area contributed by atoms with Gasteiger partial charge in [0.2, 0.25) is 0 Å². The van der Waals surface area contributed by atoms with E-state index in [-0.39, 0.29) is 5.82 Å². The molecule has 27 heavy (non-hydrogen) atoms. The van der Waals surface area contributed by atoms with E-state index in [4.69, 9.17) is 11.6 Å². The van der Waals surface area contributed by atoms with Crippen LogP contribution >= 0.6 is 11.6 Å². The highest BCUT2D eigenvalue weighted by molar-refractivity contribution is 6.33. The van der Waals surface area contributed by atoms with Crippen molar-refractivity contribution >= 4 is 34.1 Å². The number of hydrogen-bond donors (Lipinski definition) is 1. The van der Waals surface area contributed by atoms with Crippen molar-refractivity contribution in [2.45, 2.75) is 19.9 Å². The summed E-state index contributed by atoms with van der Waals surface area (Å²) in [6, 6.07) is 10.4. The lowest BCUT2D eigenvalue weighted by atomic mass is 10.2. The van der Waals surface area contributed by atoms with Crippen molar-refractivity contribution in [3.05, 3.63) is 65.8 Å². The van der Waals surface area contributed by atoms with Gasteiger partial charge in [-0.1, -0.05) is 24.6 Å². The number of fused-ring (bicyclic) bond motifs is 1. The highest BCUT2D eigenvalue weighted by Gasteiger charge is 2.16. The Bertz CT molecular complexity index is 1090. The largest absolute Gasteiger partial charge is 0.338 e. The van der Waals surface area contributed by atoms with Gasteiger partial charge in [0, 0.05) is 24.5 Å². The molecule has 0 bridgehead atoms. The van der Waals surface area contributed by atoms with Crippen molar-refractivity contribution in [3.8, 4) is 11.4 Å². The minimum absolute atomic E-state index is 0.284. The normalized spacial score (nSPS) is 11.1. The summed E-state index contributed by atoms with van der Waals surface area (Å²) in [4.78, 5) is 13.1. The zero-order valence-electron chi connectivity index (χ0n) is 14.7. The third-order valence-corrected chi connectivity index (χ3v) is 4.48. The van der Waals surface area contributed by atoms with Gasteiger partial charge in [0.25, 0.3) is 0 Å². The fourth-order valence-corrected chi connectivity index (χ4v) is 3.24. The molecule has 0 spiro atoms. The Kier molecular flexibility index (Phi) is 4.73. The molecule has 0 unspecified atom stereocenters. The second-order valence-electron chi connectivity index (χ2n) is 6.12. The maximum Gasteiger partial charge on any atom is 0.149 e. The van der Waals surface area contributed by atoms with Crippen molar-refractivity contribution in [3.63, 3.8) is 0 Å². The van der Waals surface area contributed by atoms with E-state index in [0.29, 0.717) is 34.2 Å². The van der Waals surface area contributed by atoms with E-state index in [0.717, 1.165) is 17.7 Å². The molecule has 0 aliphatic rings. The van der Waals surface area contributed by atoms with E-state index in [1.807, 2.05) is 23.6 Å². The Hall–Kier alpha value is -2.99. The summed E-state index contributed by atoms with van der Waals surface area (Å²) in [5.74, 6) is 0.894. The molecule has 0 amide bonds. The number of nitrogens with one attached hydrogen (secondary N) is 1. The number of imidazole rings is 1. The van der Waals surface area contributed by atoms with Crippen molar-refractivity contribution in [1.29, 1.82) is 0 Å². The predicted octanol–water partition coefficient (Wildman–Crippen LogP) is 5.44. The summed E-state index contributed by atoms with van der Waals surface area (Å²) in [6.07, 6.45) is 5.93. The molecule has 3 aromatic heterocycles. The molecule has 136 valence electrons. The molecule has 1 aromatic carbocycles. The lowest BCUT2D eigenvalue weighted by Crippen LogP contribution is -2.02. The molecule has 0 aliphatic carbocycles. The Labute approximate surface area is 160 Å².